The maximum absolute atomic E-state index is 12.6. The molecule has 2 N–H and O–H groups in total. The Morgan fingerprint density at radius 1 is 1.18 bits per heavy atom. The van der Waals surface area contributed by atoms with Gasteiger partial charge in [0.1, 0.15) is 5.56 Å². The van der Waals surface area contributed by atoms with Crippen molar-refractivity contribution in [2.24, 2.45) is 0 Å². The van der Waals surface area contributed by atoms with Crippen molar-refractivity contribution in [3.05, 3.63) is 84.2 Å². The zero-order chi connectivity index (χ0) is 20.4. The summed E-state index contributed by atoms with van der Waals surface area (Å²) in [6.07, 6.45) is 1.46. The largest absolute Gasteiger partial charge is 0.477 e. The highest BCUT2D eigenvalue weighted by Crippen LogP contribution is 2.30. The van der Waals surface area contributed by atoms with Crippen molar-refractivity contribution < 1.29 is 9.90 Å². The first-order valence-electron chi connectivity index (χ1n) is 8.30. The van der Waals surface area contributed by atoms with Crippen LogP contribution in [0.3, 0.4) is 0 Å². The standard InChI is InChI=1S/C19H15Cl2N3O4/c1-2-24-12(6-11-7-16(26)23-9-22-11)8-15(25)17(19(27)28)18(24)10-3-4-13(20)14(21)5-10/h3-5,7-9H,2,6H2,1H3,(H,27,28)(H,22,23,26). The van der Waals surface area contributed by atoms with Crippen LogP contribution in [0.15, 0.2) is 46.2 Å². The summed E-state index contributed by atoms with van der Waals surface area (Å²) < 4.78 is 1.70. The van der Waals surface area contributed by atoms with Crippen molar-refractivity contribution in [2.45, 2.75) is 19.9 Å². The quantitative estimate of drug-likeness (QED) is 0.660. The normalized spacial score (nSPS) is 10.8. The van der Waals surface area contributed by atoms with Gasteiger partial charge >= 0.3 is 5.97 Å². The number of hydrogen-bond acceptors (Lipinski definition) is 4. The number of benzene rings is 1. The molecule has 0 radical (unpaired) electrons. The van der Waals surface area contributed by atoms with Gasteiger partial charge in [-0.1, -0.05) is 29.3 Å². The highest BCUT2D eigenvalue weighted by molar-refractivity contribution is 6.42. The second-order valence-corrected chi connectivity index (χ2v) is 6.80. The molecule has 0 aliphatic rings. The molecule has 0 saturated carbocycles. The predicted octanol–water partition coefficient (Wildman–Crippen LogP) is 3.21. The highest BCUT2D eigenvalue weighted by atomic mass is 35.5. The maximum Gasteiger partial charge on any atom is 0.341 e. The molecule has 28 heavy (non-hydrogen) atoms. The zero-order valence-corrected chi connectivity index (χ0v) is 16.2. The van der Waals surface area contributed by atoms with Crippen LogP contribution in [0, 0.1) is 0 Å². The Morgan fingerprint density at radius 2 is 1.93 bits per heavy atom. The fourth-order valence-electron chi connectivity index (χ4n) is 3.05. The van der Waals surface area contributed by atoms with Crippen LogP contribution in [-0.4, -0.2) is 25.6 Å². The molecule has 0 atom stereocenters. The van der Waals surface area contributed by atoms with Gasteiger partial charge in [-0.3, -0.25) is 9.59 Å². The Morgan fingerprint density at radius 3 is 2.54 bits per heavy atom. The number of H-pyrrole nitrogens is 1. The molecule has 144 valence electrons. The lowest BCUT2D eigenvalue weighted by Gasteiger charge is -2.20. The monoisotopic (exact) mass is 419 g/mol. The van der Waals surface area contributed by atoms with Crippen LogP contribution in [0.25, 0.3) is 11.3 Å². The number of pyridine rings is 1. The van der Waals surface area contributed by atoms with Gasteiger partial charge in [0.05, 0.1) is 27.8 Å². The third-order valence-electron chi connectivity index (χ3n) is 4.22. The Kier molecular flexibility index (Phi) is 5.67. The lowest BCUT2D eigenvalue weighted by atomic mass is 10.0. The number of carboxylic acid groups (broad SMARTS) is 1. The number of aromatic nitrogens is 3. The van der Waals surface area contributed by atoms with E-state index in [0.29, 0.717) is 28.5 Å². The number of halogens is 2. The number of carbonyl (C=O) groups is 1. The van der Waals surface area contributed by atoms with Crippen LogP contribution in [0.2, 0.25) is 10.0 Å². The number of carboxylic acids is 1. The van der Waals surface area contributed by atoms with Crippen molar-refractivity contribution in [1.29, 1.82) is 0 Å². The van der Waals surface area contributed by atoms with E-state index in [1.807, 2.05) is 6.92 Å². The number of nitrogens with zero attached hydrogens (tertiary/aromatic N) is 2. The van der Waals surface area contributed by atoms with E-state index in [1.165, 1.54) is 24.5 Å². The minimum atomic E-state index is -1.34. The van der Waals surface area contributed by atoms with E-state index >= 15 is 0 Å². The van der Waals surface area contributed by atoms with E-state index in [-0.39, 0.29) is 28.3 Å². The number of aromatic amines is 1. The first-order valence-corrected chi connectivity index (χ1v) is 9.06. The van der Waals surface area contributed by atoms with Crippen LogP contribution < -0.4 is 11.0 Å². The number of rotatable bonds is 5. The van der Waals surface area contributed by atoms with Crippen molar-refractivity contribution in [2.75, 3.05) is 0 Å². The predicted molar refractivity (Wildman–Crippen MR) is 106 cm³/mol. The first-order chi connectivity index (χ1) is 13.3. The number of nitrogens with one attached hydrogen (secondary N) is 1. The number of hydrogen-bond donors (Lipinski definition) is 2. The molecule has 2 heterocycles. The molecule has 0 aliphatic heterocycles. The molecule has 9 heteroatoms. The lowest BCUT2D eigenvalue weighted by molar-refractivity contribution is 0.0695. The van der Waals surface area contributed by atoms with Gasteiger partial charge in [-0.05, 0) is 19.1 Å². The Labute approximate surface area is 169 Å². The van der Waals surface area contributed by atoms with E-state index in [0.717, 1.165) is 0 Å². The molecule has 0 unspecified atom stereocenters. The summed E-state index contributed by atoms with van der Waals surface area (Å²) in [6, 6.07) is 7.26. The molecule has 3 rings (SSSR count). The third kappa shape index (κ3) is 3.85. The second-order valence-electron chi connectivity index (χ2n) is 5.98. The van der Waals surface area contributed by atoms with Gasteiger partial charge in [-0.15, -0.1) is 0 Å². The van der Waals surface area contributed by atoms with Crippen LogP contribution in [0.4, 0.5) is 0 Å². The van der Waals surface area contributed by atoms with Gasteiger partial charge in [-0.25, -0.2) is 9.78 Å². The summed E-state index contributed by atoms with van der Waals surface area (Å²) in [6.45, 7) is 2.21. The van der Waals surface area contributed by atoms with Crippen molar-refractivity contribution in [3.63, 3.8) is 0 Å². The second kappa shape index (κ2) is 8.00. The summed E-state index contributed by atoms with van der Waals surface area (Å²) in [5.41, 5.74) is 0.334. The molecule has 7 nitrogen and oxygen atoms in total. The highest BCUT2D eigenvalue weighted by Gasteiger charge is 2.22. The summed E-state index contributed by atoms with van der Waals surface area (Å²) in [4.78, 5) is 42.5. The molecule has 3 aromatic rings. The molecule has 0 bridgehead atoms. The summed E-state index contributed by atoms with van der Waals surface area (Å²) in [5.74, 6) is -1.34. The first kappa shape index (κ1) is 19.9. The summed E-state index contributed by atoms with van der Waals surface area (Å²) in [7, 11) is 0. The summed E-state index contributed by atoms with van der Waals surface area (Å²) >= 11 is 12.1. The van der Waals surface area contributed by atoms with Gasteiger partial charge in [0.2, 0.25) is 0 Å². The molecular weight excluding hydrogens is 405 g/mol. The van der Waals surface area contributed by atoms with Gasteiger partial charge in [0, 0.05) is 36.4 Å². The van der Waals surface area contributed by atoms with E-state index in [2.05, 4.69) is 9.97 Å². The molecule has 2 aromatic heterocycles. The average Bonchev–Trinajstić information content (AvgIpc) is 2.63. The van der Waals surface area contributed by atoms with Gasteiger partial charge in [-0.2, -0.15) is 0 Å². The third-order valence-corrected chi connectivity index (χ3v) is 4.96. The van der Waals surface area contributed by atoms with E-state index in [1.54, 1.807) is 16.7 Å². The maximum atomic E-state index is 12.6. The van der Waals surface area contributed by atoms with Crippen molar-refractivity contribution in [3.8, 4) is 11.3 Å². The van der Waals surface area contributed by atoms with E-state index in [4.69, 9.17) is 23.2 Å². The van der Waals surface area contributed by atoms with Crippen molar-refractivity contribution in [1.82, 2.24) is 14.5 Å². The van der Waals surface area contributed by atoms with Gasteiger partial charge < -0.3 is 14.7 Å². The Balaban J connectivity index is 2.30. The zero-order valence-electron chi connectivity index (χ0n) is 14.7. The molecule has 0 saturated heterocycles. The van der Waals surface area contributed by atoms with E-state index < -0.39 is 11.4 Å². The fourth-order valence-corrected chi connectivity index (χ4v) is 3.34. The number of aromatic carboxylic acids is 1. The molecule has 0 spiro atoms. The van der Waals surface area contributed by atoms with Crippen LogP contribution in [0.1, 0.15) is 28.7 Å². The Hall–Kier alpha value is -2.90. The fraction of sp³-hybridized carbons (Fsp3) is 0.158. The summed E-state index contributed by atoms with van der Waals surface area (Å²) in [5, 5.41) is 10.2. The topological polar surface area (TPSA) is 105 Å². The van der Waals surface area contributed by atoms with Crippen LogP contribution in [-0.2, 0) is 13.0 Å². The minimum Gasteiger partial charge on any atom is -0.477 e. The molecule has 1 aromatic carbocycles. The molecule has 0 amide bonds. The smallest absolute Gasteiger partial charge is 0.341 e. The lowest BCUT2D eigenvalue weighted by Crippen LogP contribution is -2.24. The van der Waals surface area contributed by atoms with E-state index in [9.17, 15) is 19.5 Å². The van der Waals surface area contributed by atoms with Crippen molar-refractivity contribution >= 4 is 29.2 Å². The molecular formula is C19H15Cl2N3O4. The SMILES string of the molecule is CCn1c(Cc2cc(=O)[nH]cn2)cc(=O)c(C(=O)O)c1-c1ccc(Cl)c(Cl)c1. The molecule has 0 aliphatic carbocycles. The average molecular weight is 420 g/mol. The van der Waals surface area contributed by atoms with Crippen LogP contribution in [0.5, 0.6) is 0 Å². The Bertz CT molecular complexity index is 1180. The van der Waals surface area contributed by atoms with Gasteiger partial charge in [0.15, 0.2) is 5.43 Å². The van der Waals surface area contributed by atoms with Crippen LogP contribution >= 0.6 is 23.2 Å². The molecule has 0 fully saturated rings. The van der Waals surface area contributed by atoms with Gasteiger partial charge in [0.25, 0.3) is 5.56 Å². The minimum absolute atomic E-state index is 0.182.